The van der Waals surface area contributed by atoms with E-state index in [1.807, 2.05) is 23.0 Å². The molecule has 26 heavy (non-hydrogen) atoms. The number of nitrogens with one attached hydrogen (secondary N) is 1. The molecule has 0 unspecified atom stereocenters. The lowest BCUT2D eigenvalue weighted by Gasteiger charge is -2.33. The van der Waals surface area contributed by atoms with Crippen molar-refractivity contribution >= 4 is 5.91 Å². The number of rotatable bonds is 6. The minimum Gasteiger partial charge on any atom is -0.472 e. The van der Waals surface area contributed by atoms with Crippen molar-refractivity contribution in [1.29, 1.82) is 0 Å². The first kappa shape index (κ1) is 17.3. The van der Waals surface area contributed by atoms with Crippen LogP contribution in [0.5, 0.6) is 0 Å². The van der Waals surface area contributed by atoms with Crippen LogP contribution in [0.1, 0.15) is 36.6 Å². The average molecular weight is 358 g/mol. The van der Waals surface area contributed by atoms with Crippen molar-refractivity contribution < 1.29 is 13.9 Å². The van der Waals surface area contributed by atoms with Gasteiger partial charge in [0, 0.05) is 51.2 Å². The van der Waals surface area contributed by atoms with Crippen LogP contribution in [0.3, 0.4) is 0 Å². The SMILES string of the molecule is O=C(C[C@H]1CN(Cc2ccoc2)Cc2ccnn21)NCC1CCOCC1. The Morgan fingerprint density at radius 2 is 2.19 bits per heavy atom. The average Bonchev–Trinajstić information content (AvgIpc) is 3.33. The van der Waals surface area contributed by atoms with E-state index in [0.717, 1.165) is 63.5 Å². The smallest absolute Gasteiger partial charge is 0.222 e. The van der Waals surface area contributed by atoms with E-state index < -0.39 is 0 Å². The fraction of sp³-hybridized carbons (Fsp3) is 0.579. The molecular weight excluding hydrogens is 332 g/mol. The Morgan fingerprint density at radius 1 is 1.31 bits per heavy atom. The van der Waals surface area contributed by atoms with E-state index in [2.05, 4.69) is 15.3 Å². The summed E-state index contributed by atoms with van der Waals surface area (Å²) in [5, 5.41) is 7.56. The maximum Gasteiger partial charge on any atom is 0.222 e. The van der Waals surface area contributed by atoms with Gasteiger partial charge in [0.25, 0.3) is 0 Å². The van der Waals surface area contributed by atoms with Crippen molar-refractivity contribution in [3.63, 3.8) is 0 Å². The second kappa shape index (κ2) is 8.05. The molecule has 1 fully saturated rings. The predicted molar refractivity (Wildman–Crippen MR) is 95.3 cm³/mol. The highest BCUT2D eigenvalue weighted by Crippen LogP contribution is 2.24. The molecule has 7 nitrogen and oxygen atoms in total. The van der Waals surface area contributed by atoms with Gasteiger partial charge in [0.1, 0.15) is 0 Å². The second-order valence-electron chi connectivity index (χ2n) is 7.29. The lowest BCUT2D eigenvalue weighted by molar-refractivity contribution is -0.122. The largest absolute Gasteiger partial charge is 0.472 e. The lowest BCUT2D eigenvalue weighted by Crippen LogP contribution is -2.40. The fourth-order valence-corrected chi connectivity index (χ4v) is 3.87. The van der Waals surface area contributed by atoms with Crippen molar-refractivity contribution in [2.75, 3.05) is 26.3 Å². The van der Waals surface area contributed by atoms with Crippen LogP contribution in [0.25, 0.3) is 0 Å². The van der Waals surface area contributed by atoms with Crippen molar-refractivity contribution in [3.8, 4) is 0 Å². The molecule has 1 atom stereocenters. The molecule has 0 aromatic carbocycles. The van der Waals surface area contributed by atoms with Gasteiger partial charge in [0.2, 0.25) is 5.91 Å². The van der Waals surface area contributed by atoms with E-state index >= 15 is 0 Å². The Hall–Kier alpha value is -2.12. The maximum atomic E-state index is 12.5. The predicted octanol–water partition coefficient (Wildman–Crippen LogP) is 1.97. The molecule has 1 saturated heterocycles. The van der Waals surface area contributed by atoms with Gasteiger partial charge >= 0.3 is 0 Å². The van der Waals surface area contributed by atoms with E-state index in [1.54, 1.807) is 12.5 Å². The highest BCUT2D eigenvalue weighted by atomic mass is 16.5. The normalized spacial score (nSPS) is 21.5. The number of furan rings is 1. The second-order valence-corrected chi connectivity index (χ2v) is 7.29. The van der Waals surface area contributed by atoms with Crippen LogP contribution in [0.2, 0.25) is 0 Å². The molecule has 2 aliphatic rings. The summed E-state index contributed by atoms with van der Waals surface area (Å²) in [7, 11) is 0. The standard InChI is InChI=1S/C19H26N4O3/c24-19(20-10-15-2-6-25-7-3-15)9-18-13-22(11-16-4-8-26-14-16)12-17-1-5-21-23(17)18/h1,4-5,8,14-15,18H,2-3,6-7,9-13H2,(H,20,24)/t18-/m0/s1. The highest BCUT2D eigenvalue weighted by molar-refractivity contribution is 5.76. The fourth-order valence-electron chi connectivity index (χ4n) is 3.87. The van der Waals surface area contributed by atoms with E-state index in [0.29, 0.717) is 12.3 Å². The van der Waals surface area contributed by atoms with Gasteiger partial charge in [0.05, 0.1) is 30.7 Å². The van der Waals surface area contributed by atoms with Crippen molar-refractivity contribution in [1.82, 2.24) is 20.0 Å². The number of ether oxygens (including phenoxy) is 1. The Kier molecular flexibility index (Phi) is 5.36. The Balaban J connectivity index is 1.34. The van der Waals surface area contributed by atoms with E-state index in [4.69, 9.17) is 9.15 Å². The number of hydrogen-bond acceptors (Lipinski definition) is 5. The summed E-state index contributed by atoms with van der Waals surface area (Å²) in [6.07, 6.45) is 7.83. The topological polar surface area (TPSA) is 72.5 Å². The van der Waals surface area contributed by atoms with Crippen LogP contribution < -0.4 is 5.32 Å². The quantitative estimate of drug-likeness (QED) is 0.855. The molecule has 7 heteroatoms. The van der Waals surface area contributed by atoms with Gasteiger partial charge in [-0.05, 0) is 30.9 Å². The third kappa shape index (κ3) is 4.16. The molecule has 0 spiro atoms. The first-order valence-electron chi connectivity index (χ1n) is 9.38. The third-order valence-electron chi connectivity index (χ3n) is 5.29. The van der Waals surface area contributed by atoms with Gasteiger partial charge in [-0.15, -0.1) is 0 Å². The molecule has 0 aliphatic carbocycles. The molecule has 1 amide bonds. The van der Waals surface area contributed by atoms with Crippen LogP contribution in [0.4, 0.5) is 0 Å². The van der Waals surface area contributed by atoms with Gasteiger partial charge in [-0.2, -0.15) is 5.10 Å². The summed E-state index contributed by atoms with van der Waals surface area (Å²) in [6, 6.07) is 4.09. The molecule has 4 rings (SSSR count). The molecule has 0 saturated carbocycles. The van der Waals surface area contributed by atoms with Crippen LogP contribution in [0, 0.1) is 5.92 Å². The molecular formula is C19H26N4O3. The summed E-state index contributed by atoms with van der Waals surface area (Å²) < 4.78 is 12.6. The van der Waals surface area contributed by atoms with Crippen molar-refractivity contribution in [2.24, 2.45) is 5.92 Å². The first-order chi connectivity index (χ1) is 12.8. The number of fused-ring (bicyclic) bond motifs is 1. The van der Waals surface area contributed by atoms with Gasteiger partial charge in [-0.3, -0.25) is 14.4 Å². The summed E-state index contributed by atoms with van der Waals surface area (Å²) >= 11 is 0. The first-order valence-corrected chi connectivity index (χ1v) is 9.38. The monoisotopic (exact) mass is 358 g/mol. The third-order valence-corrected chi connectivity index (χ3v) is 5.29. The molecule has 140 valence electrons. The number of carbonyl (C=O) groups is 1. The Bertz CT molecular complexity index is 706. The minimum atomic E-state index is 0.0651. The van der Waals surface area contributed by atoms with Crippen LogP contribution in [-0.4, -0.2) is 46.9 Å². The zero-order chi connectivity index (χ0) is 17.8. The molecule has 0 bridgehead atoms. The zero-order valence-electron chi connectivity index (χ0n) is 15.0. The Labute approximate surface area is 153 Å². The van der Waals surface area contributed by atoms with E-state index in [-0.39, 0.29) is 11.9 Å². The molecule has 4 heterocycles. The highest BCUT2D eigenvalue weighted by Gasteiger charge is 2.27. The van der Waals surface area contributed by atoms with Gasteiger partial charge in [0.15, 0.2) is 0 Å². The maximum absolute atomic E-state index is 12.5. The summed E-state index contributed by atoms with van der Waals surface area (Å²) in [5.74, 6) is 0.644. The number of aromatic nitrogens is 2. The number of carbonyl (C=O) groups excluding carboxylic acids is 1. The van der Waals surface area contributed by atoms with Gasteiger partial charge in [-0.25, -0.2) is 0 Å². The van der Waals surface area contributed by atoms with E-state index in [1.165, 1.54) is 0 Å². The van der Waals surface area contributed by atoms with Crippen LogP contribution >= 0.6 is 0 Å². The minimum absolute atomic E-state index is 0.0651. The number of amides is 1. The zero-order valence-corrected chi connectivity index (χ0v) is 15.0. The Morgan fingerprint density at radius 3 is 3.00 bits per heavy atom. The van der Waals surface area contributed by atoms with Crippen molar-refractivity contribution in [3.05, 3.63) is 42.1 Å². The summed E-state index contributed by atoms with van der Waals surface area (Å²) in [5.41, 5.74) is 2.31. The summed E-state index contributed by atoms with van der Waals surface area (Å²) in [4.78, 5) is 14.8. The number of nitrogens with zero attached hydrogens (tertiary/aromatic N) is 3. The van der Waals surface area contributed by atoms with Crippen molar-refractivity contribution in [2.45, 2.75) is 38.4 Å². The molecule has 2 aromatic rings. The number of hydrogen-bond donors (Lipinski definition) is 1. The molecule has 2 aliphatic heterocycles. The molecule has 2 aromatic heterocycles. The lowest BCUT2D eigenvalue weighted by atomic mass is 10.0. The van der Waals surface area contributed by atoms with E-state index in [9.17, 15) is 4.79 Å². The van der Waals surface area contributed by atoms with Crippen LogP contribution in [-0.2, 0) is 22.6 Å². The molecule has 1 N–H and O–H groups in total. The van der Waals surface area contributed by atoms with Gasteiger partial charge < -0.3 is 14.5 Å². The molecule has 0 radical (unpaired) electrons. The summed E-state index contributed by atoms with van der Waals surface area (Å²) in [6.45, 7) is 4.84. The van der Waals surface area contributed by atoms with Crippen LogP contribution in [0.15, 0.2) is 35.3 Å². The van der Waals surface area contributed by atoms with Gasteiger partial charge in [-0.1, -0.05) is 0 Å².